The highest BCUT2D eigenvalue weighted by molar-refractivity contribution is 5.79. The Bertz CT molecular complexity index is 888. The molecule has 1 saturated heterocycles. The molecule has 1 aromatic carbocycles. The Hall–Kier alpha value is -2.90. The lowest BCUT2D eigenvalue weighted by molar-refractivity contribution is -0.132. The van der Waals surface area contributed by atoms with Crippen LogP contribution in [0, 0.1) is 0 Å². The summed E-state index contributed by atoms with van der Waals surface area (Å²) in [7, 11) is 1.62. The minimum atomic E-state index is 0.0739. The van der Waals surface area contributed by atoms with Crippen LogP contribution in [0.3, 0.4) is 0 Å². The highest BCUT2D eigenvalue weighted by Gasteiger charge is 2.26. The van der Waals surface area contributed by atoms with Gasteiger partial charge < -0.3 is 14.5 Å². The standard InChI is InChI=1S/C21H27N5O3/c1-29-17-6-4-5-16(13-17)14-21(28)25-11-12-26-19(15-25)18(22-23-26)7-8-20(27)24-9-2-3-10-24/h4-6,13H,2-3,7-12,14-15H2,1H3. The molecule has 0 unspecified atom stereocenters. The van der Waals surface area contributed by atoms with Gasteiger partial charge in [-0.3, -0.25) is 9.59 Å². The van der Waals surface area contributed by atoms with Crippen molar-refractivity contribution in [2.24, 2.45) is 0 Å². The molecule has 8 heteroatoms. The molecule has 4 rings (SSSR count). The molecular formula is C21H27N5O3. The average molecular weight is 397 g/mol. The molecule has 0 spiro atoms. The zero-order valence-corrected chi connectivity index (χ0v) is 16.8. The summed E-state index contributed by atoms with van der Waals surface area (Å²) < 4.78 is 7.11. The number of methoxy groups -OCH3 is 1. The van der Waals surface area contributed by atoms with Crippen molar-refractivity contribution in [1.29, 1.82) is 0 Å². The highest BCUT2D eigenvalue weighted by atomic mass is 16.5. The van der Waals surface area contributed by atoms with Gasteiger partial charge in [0.15, 0.2) is 0 Å². The van der Waals surface area contributed by atoms with Crippen molar-refractivity contribution in [2.75, 3.05) is 26.7 Å². The molecule has 0 radical (unpaired) electrons. The number of aryl methyl sites for hydroxylation is 1. The van der Waals surface area contributed by atoms with Gasteiger partial charge in [-0.05, 0) is 30.5 Å². The maximum absolute atomic E-state index is 12.8. The fourth-order valence-corrected chi connectivity index (χ4v) is 4.02. The number of amides is 2. The largest absolute Gasteiger partial charge is 0.497 e. The van der Waals surface area contributed by atoms with E-state index in [9.17, 15) is 9.59 Å². The number of carbonyl (C=O) groups is 2. The molecule has 0 N–H and O–H groups in total. The Kier molecular flexibility index (Phi) is 5.78. The summed E-state index contributed by atoms with van der Waals surface area (Å²) in [5, 5.41) is 8.50. The normalized spacial score (nSPS) is 16.0. The summed E-state index contributed by atoms with van der Waals surface area (Å²) in [6.45, 7) is 3.47. The maximum Gasteiger partial charge on any atom is 0.227 e. The molecule has 29 heavy (non-hydrogen) atoms. The van der Waals surface area contributed by atoms with Crippen LogP contribution in [-0.2, 0) is 35.5 Å². The van der Waals surface area contributed by atoms with Gasteiger partial charge in [0, 0.05) is 32.5 Å². The van der Waals surface area contributed by atoms with E-state index in [1.165, 1.54) is 0 Å². The SMILES string of the molecule is COc1cccc(CC(=O)N2CCn3nnc(CCC(=O)N4CCCC4)c3C2)c1. The number of ether oxygens (including phenoxy) is 1. The molecule has 0 saturated carbocycles. The Morgan fingerprint density at radius 3 is 2.69 bits per heavy atom. The number of nitrogens with zero attached hydrogens (tertiary/aromatic N) is 5. The van der Waals surface area contributed by atoms with Crippen molar-refractivity contribution < 1.29 is 14.3 Å². The van der Waals surface area contributed by atoms with Crippen LogP contribution in [-0.4, -0.2) is 63.4 Å². The second-order valence-corrected chi connectivity index (χ2v) is 7.64. The molecule has 2 amide bonds. The van der Waals surface area contributed by atoms with E-state index in [4.69, 9.17) is 4.74 Å². The fraction of sp³-hybridized carbons (Fsp3) is 0.524. The van der Waals surface area contributed by atoms with E-state index in [0.717, 1.165) is 48.6 Å². The van der Waals surface area contributed by atoms with E-state index in [2.05, 4.69) is 10.3 Å². The number of hydrogen-bond acceptors (Lipinski definition) is 5. The summed E-state index contributed by atoms with van der Waals surface area (Å²) in [5.74, 6) is 1.01. The molecule has 1 aromatic heterocycles. The third-order valence-electron chi connectivity index (χ3n) is 5.72. The molecule has 2 aliphatic heterocycles. The molecule has 8 nitrogen and oxygen atoms in total. The first kappa shape index (κ1) is 19.4. The lowest BCUT2D eigenvalue weighted by Crippen LogP contribution is -2.39. The molecule has 0 aliphatic carbocycles. The Morgan fingerprint density at radius 1 is 1.07 bits per heavy atom. The smallest absolute Gasteiger partial charge is 0.227 e. The van der Waals surface area contributed by atoms with Crippen molar-refractivity contribution in [3.63, 3.8) is 0 Å². The highest BCUT2D eigenvalue weighted by Crippen LogP contribution is 2.19. The Labute approximate surface area is 170 Å². The summed E-state index contributed by atoms with van der Waals surface area (Å²) in [4.78, 5) is 28.9. The van der Waals surface area contributed by atoms with Crippen LogP contribution in [0.5, 0.6) is 5.75 Å². The molecule has 3 heterocycles. The van der Waals surface area contributed by atoms with Crippen molar-refractivity contribution >= 4 is 11.8 Å². The predicted octanol–water partition coefficient (Wildman–Crippen LogP) is 1.43. The summed E-state index contributed by atoms with van der Waals surface area (Å²) >= 11 is 0. The fourth-order valence-electron chi connectivity index (χ4n) is 4.02. The van der Waals surface area contributed by atoms with Gasteiger partial charge in [0.2, 0.25) is 11.8 Å². The lowest BCUT2D eigenvalue weighted by Gasteiger charge is -2.28. The van der Waals surface area contributed by atoms with Crippen LogP contribution in [0.1, 0.15) is 36.2 Å². The summed E-state index contributed by atoms with van der Waals surface area (Å²) in [5.41, 5.74) is 2.71. The van der Waals surface area contributed by atoms with E-state index < -0.39 is 0 Å². The van der Waals surface area contributed by atoms with Crippen molar-refractivity contribution in [3.8, 4) is 5.75 Å². The Balaban J connectivity index is 1.37. The number of carbonyl (C=O) groups excluding carboxylic acids is 2. The van der Waals surface area contributed by atoms with Crippen molar-refractivity contribution in [1.82, 2.24) is 24.8 Å². The average Bonchev–Trinajstić information content (AvgIpc) is 3.42. The molecule has 1 fully saturated rings. The van der Waals surface area contributed by atoms with Crippen LogP contribution in [0.25, 0.3) is 0 Å². The van der Waals surface area contributed by atoms with Crippen LogP contribution in [0.4, 0.5) is 0 Å². The van der Waals surface area contributed by atoms with E-state index in [1.54, 1.807) is 7.11 Å². The lowest BCUT2D eigenvalue weighted by atomic mass is 10.1. The van der Waals surface area contributed by atoms with Gasteiger partial charge in [0.05, 0.1) is 38.0 Å². The molecule has 2 aliphatic rings. The molecule has 0 atom stereocenters. The molecule has 0 bridgehead atoms. The number of aromatic nitrogens is 3. The van der Waals surface area contributed by atoms with E-state index in [-0.39, 0.29) is 11.8 Å². The van der Waals surface area contributed by atoms with Gasteiger partial charge in [-0.1, -0.05) is 17.3 Å². The quantitative estimate of drug-likeness (QED) is 0.737. The number of hydrogen-bond donors (Lipinski definition) is 0. The first-order valence-corrected chi connectivity index (χ1v) is 10.2. The summed E-state index contributed by atoms with van der Waals surface area (Å²) in [6.07, 6.45) is 3.54. The van der Waals surface area contributed by atoms with Gasteiger partial charge in [-0.15, -0.1) is 5.10 Å². The zero-order valence-electron chi connectivity index (χ0n) is 16.8. The molecule has 154 valence electrons. The van der Waals surface area contributed by atoms with E-state index in [1.807, 2.05) is 38.7 Å². The number of fused-ring (bicyclic) bond motifs is 1. The van der Waals surface area contributed by atoms with Crippen LogP contribution >= 0.6 is 0 Å². The number of rotatable bonds is 6. The van der Waals surface area contributed by atoms with Gasteiger partial charge >= 0.3 is 0 Å². The third kappa shape index (κ3) is 4.41. The topological polar surface area (TPSA) is 80.6 Å². The van der Waals surface area contributed by atoms with Gasteiger partial charge in [0.1, 0.15) is 5.75 Å². The van der Waals surface area contributed by atoms with Crippen LogP contribution < -0.4 is 4.74 Å². The molecule has 2 aromatic rings. The van der Waals surface area contributed by atoms with Gasteiger partial charge in [-0.25, -0.2) is 4.68 Å². The zero-order chi connectivity index (χ0) is 20.2. The monoisotopic (exact) mass is 397 g/mol. The first-order chi connectivity index (χ1) is 14.1. The Morgan fingerprint density at radius 2 is 1.90 bits per heavy atom. The van der Waals surface area contributed by atoms with Crippen LogP contribution in [0.15, 0.2) is 24.3 Å². The van der Waals surface area contributed by atoms with E-state index in [0.29, 0.717) is 38.9 Å². The first-order valence-electron chi connectivity index (χ1n) is 10.2. The van der Waals surface area contributed by atoms with Crippen LogP contribution in [0.2, 0.25) is 0 Å². The number of likely N-dealkylation sites (tertiary alicyclic amines) is 1. The van der Waals surface area contributed by atoms with E-state index >= 15 is 0 Å². The molecular weight excluding hydrogens is 370 g/mol. The minimum Gasteiger partial charge on any atom is -0.497 e. The van der Waals surface area contributed by atoms with Crippen molar-refractivity contribution in [3.05, 3.63) is 41.2 Å². The van der Waals surface area contributed by atoms with Crippen molar-refractivity contribution in [2.45, 2.75) is 45.2 Å². The predicted molar refractivity (Wildman–Crippen MR) is 106 cm³/mol. The minimum absolute atomic E-state index is 0.0739. The maximum atomic E-state index is 12.8. The number of benzene rings is 1. The summed E-state index contributed by atoms with van der Waals surface area (Å²) in [6, 6.07) is 7.59. The second-order valence-electron chi connectivity index (χ2n) is 7.64. The van der Waals surface area contributed by atoms with Gasteiger partial charge in [0.25, 0.3) is 0 Å². The second kappa shape index (κ2) is 8.63. The third-order valence-corrected chi connectivity index (χ3v) is 5.72. The van der Waals surface area contributed by atoms with Gasteiger partial charge in [-0.2, -0.15) is 0 Å².